The number of aromatic amines is 1. The molecule has 3 aromatic carbocycles. The van der Waals surface area contributed by atoms with Gasteiger partial charge in [0.25, 0.3) is 0 Å². The largest absolute Gasteiger partial charge is 0.382 e. The molecule has 0 radical (unpaired) electrons. The lowest BCUT2D eigenvalue weighted by Crippen LogP contribution is -2.19. The molecule has 5 N–H and O–H groups in total. The average Bonchev–Trinajstić information content (AvgIpc) is 3.12. The second-order valence-corrected chi connectivity index (χ2v) is 6.30. The van der Waals surface area contributed by atoms with Crippen molar-refractivity contribution in [3.05, 3.63) is 72.0 Å². The topological polar surface area (TPSA) is 120 Å². The Hall–Kier alpha value is -4.38. The summed E-state index contributed by atoms with van der Waals surface area (Å²) in [6.07, 6.45) is 0. The number of aromatic nitrogens is 2. The van der Waals surface area contributed by atoms with Crippen LogP contribution in [0.2, 0.25) is 0 Å². The van der Waals surface area contributed by atoms with Gasteiger partial charge in [-0.05, 0) is 47.5 Å². The molecule has 0 aliphatic carbocycles. The van der Waals surface area contributed by atoms with Crippen LogP contribution in [0.15, 0.2) is 60.7 Å². The summed E-state index contributed by atoms with van der Waals surface area (Å²) in [4.78, 5) is 12.2. The van der Waals surface area contributed by atoms with E-state index in [0.29, 0.717) is 22.3 Å². The van der Waals surface area contributed by atoms with Crippen molar-refractivity contribution >= 4 is 34.1 Å². The van der Waals surface area contributed by atoms with E-state index < -0.39 is 11.8 Å². The number of nitrogens with two attached hydrogens (primary N) is 1. The number of H-pyrrole nitrogens is 1. The maximum atomic E-state index is 13.9. The van der Waals surface area contributed by atoms with Crippen molar-refractivity contribution in [1.82, 2.24) is 10.2 Å². The number of benzene rings is 3. The lowest BCUT2D eigenvalue weighted by atomic mass is 10.0. The molecule has 0 aliphatic heterocycles. The quantitative estimate of drug-likeness (QED) is 0.415. The molecule has 0 aliphatic rings. The zero-order valence-corrected chi connectivity index (χ0v) is 15.0. The Kier molecular flexibility index (Phi) is 4.55. The van der Waals surface area contributed by atoms with E-state index >= 15 is 0 Å². The first-order chi connectivity index (χ1) is 14.0. The molecule has 1 aromatic heterocycles. The van der Waals surface area contributed by atoms with Crippen molar-refractivity contribution in [2.24, 2.45) is 0 Å². The summed E-state index contributed by atoms with van der Waals surface area (Å²) in [6.45, 7) is 0. The van der Waals surface area contributed by atoms with Gasteiger partial charge in [0.2, 0.25) is 0 Å². The average molecular weight is 386 g/mol. The summed E-state index contributed by atoms with van der Waals surface area (Å²) in [5.41, 5.74) is 9.21. The highest BCUT2D eigenvalue weighted by Gasteiger charge is 2.13. The minimum atomic E-state index is -0.434. The third-order valence-corrected chi connectivity index (χ3v) is 4.40. The third kappa shape index (κ3) is 3.57. The van der Waals surface area contributed by atoms with E-state index in [0.717, 1.165) is 11.1 Å². The number of hydrogen-bond donors (Lipinski definition) is 4. The number of carbonyl (C=O) groups is 1. The van der Waals surface area contributed by atoms with Gasteiger partial charge in [-0.15, -0.1) is 0 Å². The van der Waals surface area contributed by atoms with E-state index in [-0.39, 0.29) is 11.3 Å². The first-order valence-electron chi connectivity index (χ1n) is 8.66. The molecular formula is C21H15FN6O. The lowest BCUT2D eigenvalue weighted by molar-refractivity contribution is 0.262. The zero-order valence-electron chi connectivity index (χ0n) is 15.0. The van der Waals surface area contributed by atoms with Crippen LogP contribution < -0.4 is 16.4 Å². The molecule has 2 amide bonds. The number of nitrogens with one attached hydrogen (secondary N) is 3. The van der Waals surface area contributed by atoms with Crippen molar-refractivity contribution < 1.29 is 9.18 Å². The second-order valence-electron chi connectivity index (χ2n) is 6.30. The molecule has 4 aromatic rings. The summed E-state index contributed by atoms with van der Waals surface area (Å²) < 4.78 is 13.9. The number of amides is 2. The Morgan fingerprint density at radius 3 is 2.59 bits per heavy atom. The molecule has 0 unspecified atom stereocenters. The minimum Gasteiger partial charge on any atom is -0.382 e. The number of rotatable bonds is 3. The number of nitriles is 1. The molecule has 8 heteroatoms. The summed E-state index contributed by atoms with van der Waals surface area (Å²) in [6, 6.07) is 18.2. The van der Waals surface area contributed by atoms with E-state index in [1.165, 1.54) is 6.07 Å². The Morgan fingerprint density at radius 1 is 1.07 bits per heavy atom. The van der Waals surface area contributed by atoms with Gasteiger partial charge in [-0.1, -0.05) is 24.3 Å². The normalized spacial score (nSPS) is 10.5. The fourth-order valence-corrected chi connectivity index (χ4v) is 3.06. The van der Waals surface area contributed by atoms with Crippen molar-refractivity contribution in [3.63, 3.8) is 0 Å². The Labute approximate surface area is 165 Å². The van der Waals surface area contributed by atoms with Crippen molar-refractivity contribution in [3.8, 4) is 17.2 Å². The maximum Gasteiger partial charge on any atom is 0.323 e. The van der Waals surface area contributed by atoms with Gasteiger partial charge in [-0.3, -0.25) is 5.10 Å². The van der Waals surface area contributed by atoms with E-state index in [2.05, 4.69) is 20.8 Å². The molecular weight excluding hydrogens is 371 g/mol. The summed E-state index contributed by atoms with van der Waals surface area (Å²) in [5, 5.41) is 21.3. The predicted octanol–water partition coefficient (Wildman–Crippen LogP) is 4.47. The summed E-state index contributed by atoms with van der Waals surface area (Å²) in [7, 11) is 0. The Balaban J connectivity index is 1.53. The van der Waals surface area contributed by atoms with Gasteiger partial charge in [0.1, 0.15) is 11.3 Å². The molecule has 0 bridgehead atoms. The molecule has 0 saturated heterocycles. The second kappa shape index (κ2) is 7.32. The van der Waals surface area contributed by atoms with Gasteiger partial charge in [0.05, 0.1) is 17.0 Å². The molecule has 7 nitrogen and oxygen atoms in total. The van der Waals surface area contributed by atoms with Crippen molar-refractivity contribution in [1.29, 1.82) is 5.26 Å². The van der Waals surface area contributed by atoms with E-state index in [9.17, 15) is 9.18 Å². The van der Waals surface area contributed by atoms with Crippen LogP contribution in [0.1, 0.15) is 5.56 Å². The lowest BCUT2D eigenvalue weighted by Gasteiger charge is -2.09. The number of carbonyl (C=O) groups excluding carboxylic acids is 1. The number of nitrogen functional groups attached to an aromatic ring is 1. The Morgan fingerprint density at radius 2 is 1.83 bits per heavy atom. The first-order valence-corrected chi connectivity index (χ1v) is 8.66. The number of hydrogen-bond acceptors (Lipinski definition) is 4. The number of fused-ring (bicyclic) bond motifs is 1. The molecule has 0 fully saturated rings. The minimum absolute atomic E-state index is 0.218. The number of urea groups is 1. The SMILES string of the molecule is N#Cc1cccc(NC(=O)Nc2ccc(-c3ccc(F)c4[nH]nc(N)c34)cc2)c1. The zero-order chi connectivity index (χ0) is 20.4. The Bertz CT molecular complexity index is 1260. The van der Waals surface area contributed by atoms with Crippen LogP contribution in [0.25, 0.3) is 22.0 Å². The molecule has 29 heavy (non-hydrogen) atoms. The highest BCUT2D eigenvalue weighted by atomic mass is 19.1. The van der Waals surface area contributed by atoms with Crippen molar-refractivity contribution in [2.75, 3.05) is 16.4 Å². The standard InChI is InChI=1S/C21H15FN6O/c22-17-9-8-16(18-19(17)27-28-20(18)24)13-4-6-14(7-5-13)25-21(29)26-15-3-1-2-12(10-15)11-23/h1-10H,(H3,24,27,28)(H2,25,26,29). The van der Waals surface area contributed by atoms with Crippen LogP contribution >= 0.6 is 0 Å². The van der Waals surface area contributed by atoms with Gasteiger partial charge in [-0.25, -0.2) is 9.18 Å². The molecule has 0 atom stereocenters. The van der Waals surface area contributed by atoms with Crippen LogP contribution in [-0.4, -0.2) is 16.2 Å². The monoisotopic (exact) mass is 386 g/mol. The van der Waals surface area contributed by atoms with Gasteiger partial charge in [0, 0.05) is 11.4 Å². The van der Waals surface area contributed by atoms with Crippen LogP contribution in [0, 0.1) is 17.1 Å². The van der Waals surface area contributed by atoms with E-state index in [1.807, 2.05) is 6.07 Å². The molecule has 4 rings (SSSR count). The summed E-state index contributed by atoms with van der Waals surface area (Å²) in [5.74, 6) is -0.209. The maximum absolute atomic E-state index is 13.9. The van der Waals surface area contributed by atoms with Crippen LogP contribution in [0.5, 0.6) is 0 Å². The molecule has 1 heterocycles. The van der Waals surface area contributed by atoms with E-state index in [4.69, 9.17) is 11.0 Å². The van der Waals surface area contributed by atoms with Crippen molar-refractivity contribution in [2.45, 2.75) is 0 Å². The molecule has 0 spiro atoms. The van der Waals surface area contributed by atoms with Crippen LogP contribution in [0.3, 0.4) is 0 Å². The predicted molar refractivity (Wildman–Crippen MR) is 110 cm³/mol. The highest BCUT2D eigenvalue weighted by molar-refractivity contribution is 6.02. The highest BCUT2D eigenvalue weighted by Crippen LogP contribution is 2.33. The van der Waals surface area contributed by atoms with Crippen LogP contribution in [-0.2, 0) is 0 Å². The van der Waals surface area contributed by atoms with E-state index in [1.54, 1.807) is 54.6 Å². The third-order valence-electron chi connectivity index (χ3n) is 4.40. The van der Waals surface area contributed by atoms with Gasteiger partial charge < -0.3 is 16.4 Å². The van der Waals surface area contributed by atoms with Crippen LogP contribution in [0.4, 0.5) is 26.4 Å². The fraction of sp³-hybridized carbons (Fsp3) is 0. The number of anilines is 3. The van der Waals surface area contributed by atoms with Gasteiger partial charge in [-0.2, -0.15) is 10.4 Å². The first kappa shape index (κ1) is 18.0. The smallest absolute Gasteiger partial charge is 0.323 e. The molecule has 142 valence electrons. The van der Waals surface area contributed by atoms with Gasteiger partial charge in [0.15, 0.2) is 5.82 Å². The van der Waals surface area contributed by atoms with Gasteiger partial charge >= 0.3 is 6.03 Å². The molecule has 0 saturated carbocycles. The number of halogens is 1. The fourth-order valence-electron chi connectivity index (χ4n) is 3.06. The summed E-state index contributed by atoms with van der Waals surface area (Å²) >= 11 is 0. The number of nitrogens with zero attached hydrogens (tertiary/aromatic N) is 2.